The Hall–Kier alpha value is -1.65. The van der Waals surface area contributed by atoms with Gasteiger partial charge in [0.25, 0.3) is 0 Å². The number of benzene rings is 1. The number of nitro groups is 1. The van der Waals surface area contributed by atoms with Crippen LogP contribution in [-0.2, 0) is 0 Å². The van der Waals surface area contributed by atoms with E-state index in [9.17, 15) is 14.5 Å². The molecule has 16 heavy (non-hydrogen) atoms. The molecule has 0 aliphatic heterocycles. The first-order chi connectivity index (χ1) is 7.58. The Labute approximate surface area is 93.6 Å². The summed E-state index contributed by atoms with van der Waals surface area (Å²) in [6.07, 6.45) is 1.85. The highest BCUT2D eigenvalue weighted by Crippen LogP contribution is 2.21. The van der Waals surface area contributed by atoms with Gasteiger partial charge >= 0.3 is 5.69 Å². The van der Waals surface area contributed by atoms with Crippen LogP contribution in [0.3, 0.4) is 0 Å². The molecule has 0 heterocycles. The molecule has 1 aromatic carbocycles. The predicted molar refractivity (Wildman–Crippen MR) is 61.0 cm³/mol. The minimum Gasteiger partial charge on any atom is -0.382 e. The smallest absolute Gasteiger partial charge is 0.304 e. The Morgan fingerprint density at radius 2 is 2.06 bits per heavy atom. The highest BCUT2D eigenvalue weighted by Gasteiger charge is 2.14. The number of nitro benzene ring substituents is 1. The van der Waals surface area contributed by atoms with Crippen molar-refractivity contribution in [1.82, 2.24) is 0 Å². The minimum atomic E-state index is -0.805. The third kappa shape index (κ3) is 2.92. The van der Waals surface area contributed by atoms with Crippen LogP contribution in [-0.4, -0.2) is 11.0 Å². The predicted octanol–water partition coefficient (Wildman–Crippen LogP) is 3.33. The summed E-state index contributed by atoms with van der Waals surface area (Å²) in [5.74, 6) is -0.805. The van der Waals surface area contributed by atoms with Crippen molar-refractivity contribution in [3.8, 4) is 0 Å². The molecule has 0 amide bonds. The Bertz CT molecular complexity index is 378. The van der Waals surface area contributed by atoms with Crippen LogP contribution in [0.4, 0.5) is 15.8 Å². The topological polar surface area (TPSA) is 55.2 Å². The first kappa shape index (κ1) is 12.4. The fraction of sp³-hybridized carbons (Fsp3) is 0.455. The number of nitrogens with zero attached hydrogens (tertiary/aromatic N) is 1. The maximum atomic E-state index is 13.3. The molecule has 1 rings (SSSR count). The van der Waals surface area contributed by atoms with Crippen LogP contribution in [0.1, 0.15) is 26.7 Å². The van der Waals surface area contributed by atoms with Gasteiger partial charge < -0.3 is 5.32 Å². The summed E-state index contributed by atoms with van der Waals surface area (Å²) in [5.41, 5.74) is 0.0897. The third-order valence-corrected chi connectivity index (χ3v) is 2.50. The highest BCUT2D eigenvalue weighted by molar-refractivity contribution is 5.50. The molecular formula is C11H15FN2O2. The van der Waals surface area contributed by atoms with Gasteiger partial charge in [-0.1, -0.05) is 13.8 Å². The van der Waals surface area contributed by atoms with E-state index in [0.29, 0.717) is 5.69 Å². The summed E-state index contributed by atoms with van der Waals surface area (Å²) < 4.78 is 13.3. The van der Waals surface area contributed by atoms with Gasteiger partial charge in [-0.2, -0.15) is 4.39 Å². The third-order valence-electron chi connectivity index (χ3n) is 2.50. The highest BCUT2D eigenvalue weighted by atomic mass is 19.1. The summed E-state index contributed by atoms with van der Waals surface area (Å²) in [5, 5.41) is 13.5. The second kappa shape index (κ2) is 5.44. The molecule has 0 radical (unpaired) electrons. The second-order valence-corrected chi connectivity index (χ2v) is 3.58. The largest absolute Gasteiger partial charge is 0.382 e. The quantitative estimate of drug-likeness (QED) is 0.618. The standard InChI is InChI=1S/C11H15FN2O2/c1-3-8(4-2)13-9-5-6-11(14(15)16)10(12)7-9/h5-8,13H,3-4H2,1-2H3. The molecule has 0 aromatic heterocycles. The Kier molecular flexibility index (Phi) is 4.22. The van der Waals surface area contributed by atoms with Gasteiger partial charge in [0.1, 0.15) is 0 Å². The molecule has 0 fully saturated rings. The fourth-order valence-corrected chi connectivity index (χ4v) is 1.47. The first-order valence-electron chi connectivity index (χ1n) is 5.29. The Morgan fingerprint density at radius 3 is 2.50 bits per heavy atom. The lowest BCUT2D eigenvalue weighted by molar-refractivity contribution is -0.387. The lowest BCUT2D eigenvalue weighted by atomic mass is 10.1. The average Bonchev–Trinajstić information content (AvgIpc) is 2.25. The molecule has 1 N–H and O–H groups in total. The molecular weight excluding hydrogens is 211 g/mol. The van der Waals surface area contributed by atoms with Gasteiger partial charge in [0.15, 0.2) is 0 Å². The van der Waals surface area contributed by atoms with E-state index < -0.39 is 16.4 Å². The number of rotatable bonds is 5. The number of nitrogens with one attached hydrogen (secondary N) is 1. The van der Waals surface area contributed by atoms with Gasteiger partial charge in [0.2, 0.25) is 5.82 Å². The van der Waals surface area contributed by atoms with E-state index >= 15 is 0 Å². The number of hydrogen-bond acceptors (Lipinski definition) is 3. The van der Waals surface area contributed by atoms with Crippen LogP contribution in [0.5, 0.6) is 0 Å². The van der Waals surface area contributed by atoms with Gasteiger partial charge in [0, 0.05) is 23.9 Å². The van der Waals surface area contributed by atoms with E-state index in [-0.39, 0.29) is 6.04 Å². The summed E-state index contributed by atoms with van der Waals surface area (Å²) >= 11 is 0. The van der Waals surface area contributed by atoms with E-state index in [1.54, 1.807) is 0 Å². The van der Waals surface area contributed by atoms with Crippen LogP contribution in [0.25, 0.3) is 0 Å². The van der Waals surface area contributed by atoms with Crippen molar-refractivity contribution in [2.75, 3.05) is 5.32 Å². The number of hydrogen-bond donors (Lipinski definition) is 1. The van der Waals surface area contributed by atoms with Gasteiger partial charge in [-0.3, -0.25) is 10.1 Å². The van der Waals surface area contributed by atoms with Crippen LogP contribution in [0, 0.1) is 15.9 Å². The molecule has 0 saturated heterocycles. The van der Waals surface area contributed by atoms with Crippen molar-refractivity contribution < 1.29 is 9.31 Å². The van der Waals surface area contributed by atoms with Gasteiger partial charge in [-0.15, -0.1) is 0 Å². The Morgan fingerprint density at radius 1 is 1.44 bits per heavy atom. The normalized spacial score (nSPS) is 10.5. The van der Waals surface area contributed by atoms with Crippen LogP contribution in [0.2, 0.25) is 0 Å². The van der Waals surface area contributed by atoms with Gasteiger partial charge in [0.05, 0.1) is 4.92 Å². The zero-order valence-electron chi connectivity index (χ0n) is 9.37. The minimum absolute atomic E-state index is 0.265. The monoisotopic (exact) mass is 226 g/mol. The van der Waals surface area contributed by atoms with Gasteiger partial charge in [-0.25, -0.2) is 0 Å². The summed E-state index contributed by atoms with van der Waals surface area (Å²) in [6, 6.07) is 4.14. The SMILES string of the molecule is CCC(CC)Nc1ccc([N+](=O)[O-])c(F)c1. The molecule has 5 heteroatoms. The molecule has 0 atom stereocenters. The van der Waals surface area contributed by atoms with E-state index in [0.717, 1.165) is 18.9 Å². The lowest BCUT2D eigenvalue weighted by Gasteiger charge is -2.15. The van der Waals surface area contributed by atoms with E-state index in [2.05, 4.69) is 5.32 Å². The molecule has 88 valence electrons. The van der Waals surface area contributed by atoms with Crippen molar-refractivity contribution in [2.24, 2.45) is 0 Å². The van der Waals surface area contributed by atoms with Crippen LogP contribution < -0.4 is 5.32 Å². The average molecular weight is 226 g/mol. The molecule has 0 saturated carbocycles. The van der Waals surface area contributed by atoms with E-state index in [4.69, 9.17) is 0 Å². The van der Waals surface area contributed by atoms with Crippen molar-refractivity contribution >= 4 is 11.4 Å². The van der Waals surface area contributed by atoms with Crippen LogP contribution in [0.15, 0.2) is 18.2 Å². The lowest BCUT2D eigenvalue weighted by Crippen LogP contribution is -2.17. The first-order valence-corrected chi connectivity index (χ1v) is 5.29. The molecule has 0 unspecified atom stereocenters. The van der Waals surface area contributed by atoms with Crippen molar-refractivity contribution in [3.63, 3.8) is 0 Å². The Balaban J connectivity index is 2.84. The molecule has 0 spiro atoms. The second-order valence-electron chi connectivity index (χ2n) is 3.58. The summed E-state index contributed by atoms with van der Waals surface area (Å²) in [6.45, 7) is 4.06. The van der Waals surface area contributed by atoms with Gasteiger partial charge in [-0.05, 0) is 18.9 Å². The van der Waals surface area contributed by atoms with Crippen molar-refractivity contribution in [3.05, 3.63) is 34.1 Å². The molecule has 0 bridgehead atoms. The maximum absolute atomic E-state index is 13.3. The summed E-state index contributed by atoms with van der Waals surface area (Å²) in [7, 11) is 0. The fourth-order valence-electron chi connectivity index (χ4n) is 1.47. The zero-order chi connectivity index (χ0) is 12.1. The molecule has 0 aliphatic rings. The molecule has 1 aromatic rings. The molecule has 4 nitrogen and oxygen atoms in total. The van der Waals surface area contributed by atoms with Crippen molar-refractivity contribution in [2.45, 2.75) is 32.7 Å². The number of anilines is 1. The van der Waals surface area contributed by atoms with E-state index in [1.165, 1.54) is 12.1 Å². The molecule has 0 aliphatic carbocycles. The summed E-state index contributed by atoms with van der Waals surface area (Å²) in [4.78, 5) is 9.69. The van der Waals surface area contributed by atoms with Crippen LogP contribution >= 0.6 is 0 Å². The zero-order valence-corrected chi connectivity index (χ0v) is 9.37. The van der Waals surface area contributed by atoms with Crippen molar-refractivity contribution in [1.29, 1.82) is 0 Å². The number of halogens is 1. The maximum Gasteiger partial charge on any atom is 0.304 e. The van der Waals surface area contributed by atoms with E-state index in [1.807, 2.05) is 13.8 Å².